The minimum atomic E-state index is -4.58. The summed E-state index contributed by atoms with van der Waals surface area (Å²) in [7, 11) is 0. The highest BCUT2D eigenvalue weighted by molar-refractivity contribution is 7.98. The van der Waals surface area contributed by atoms with E-state index in [0.717, 1.165) is 10.5 Å². The molecule has 2 aromatic rings. The Bertz CT molecular complexity index is 864. The summed E-state index contributed by atoms with van der Waals surface area (Å²) in [4.78, 5) is 13.4. The van der Waals surface area contributed by atoms with Crippen LogP contribution in [0.3, 0.4) is 0 Å². The molecule has 0 spiro atoms. The molecule has 166 valence electrons. The van der Waals surface area contributed by atoms with Crippen LogP contribution in [0.5, 0.6) is 0 Å². The maximum atomic E-state index is 13.8. The average Bonchev–Trinajstić information content (AvgIpc) is 2.73. The van der Waals surface area contributed by atoms with Gasteiger partial charge in [0.15, 0.2) is 0 Å². The number of carbonyl (C=O) groups is 1. The Hall–Kier alpha value is -2.50. The van der Waals surface area contributed by atoms with Gasteiger partial charge in [0.05, 0.1) is 12.1 Å². The third-order valence-electron chi connectivity index (χ3n) is 4.52. The van der Waals surface area contributed by atoms with Crippen molar-refractivity contribution in [3.05, 3.63) is 65.7 Å². The summed E-state index contributed by atoms with van der Waals surface area (Å²) in [6, 6.07) is 14.7. The number of thioether (sulfide) groups is 1. The maximum absolute atomic E-state index is 13.8. The molecule has 4 nitrogen and oxygen atoms in total. The van der Waals surface area contributed by atoms with Crippen molar-refractivity contribution in [1.29, 1.82) is 5.26 Å². The van der Waals surface area contributed by atoms with Crippen LogP contribution in [0, 0.1) is 17.2 Å². The lowest BCUT2D eigenvalue weighted by Crippen LogP contribution is -2.49. The number of nitriles is 1. The van der Waals surface area contributed by atoms with Gasteiger partial charge in [-0.2, -0.15) is 18.4 Å². The van der Waals surface area contributed by atoms with Gasteiger partial charge < -0.3 is 5.32 Å². The highest BCUT2D eigenvalue weighted by Crippen LogP contribution is 2.34. The van der Waals surface area contributed by atoms with Gasteiger partial charge in [0.1, 0.15) is 12.6 Å². The fraction of sp³-hybridized carbons (Fsp3) is 0.391. The molecule has 0 aromatic heterocycles. The van der Waals surface area contributed by atoms with Crippen molar-refractivity contribution < 1.29 is 18.0 Å². The lowest BCUT2D eigenvalue weighted by molar-refractivity contribution is -0.161. The number of carbonyl (C=O) groups excluding carboxylic acids is 1. The molecule has 2 atom stereocenters. The van der Waals surface area contributed by atoms with E-state index in [4.69, 9.17) is 5.26 Å². The number of hydrogen-bond donors (Lipinski definition) is 2. The van der Waals surface area contributed by atoms with E-state index < -0.39 is 24.2 Å². The number of nitrogens with zero attached hydrogens (tertiary/aromatic N) is 1. The van der Waals surface area contributed by atoms with Crippen molar-refractivity contribution in [2.75, 3.05) is 6.54 Å². The van der Waals surface area contributed by atoms with E-state index in [1.54, 1.807) is 30.0 Å². The summed E-state index contributed by atoms with van der Waals surface area (Å²) in [6.07, 6.45) is -4.36. The Morgan fingerprint density at radius 3 is 2.29 bits per heavy atom. The third kappa shape index (κ3) is 8.27. The Kier molecular flexibility index (Phi) is 9.41. The molecule has 0 unspecified atom stereocenters. The van der Waals surface area contributed by atoms with Crippen LogP contribution < -0.4 is 10.6 Å². The monoisotopic (exact) mass is 449 g/mol. The predicted octanol–water partition coefficient (Wildman–Crippen LogP) is 5.23. The smallest absolute Gasteiger partial charge is 0.342 e. The molecule has 0 fully saturated rings. The molecule has 0 aliphatic rings. The molecule has 0 heterocycles. The first kappa shape index (κ1) is 24.8. The summed E-state index contributed by atoms with van der Waals surface area (Å²) in [5, 5.41) is 13.5. The number of nitrogens with one attached hydrogen (secondary N) is 2. The van der Waals surface area contributed by atoms with E-state index in [1.807, 2.05) is 44.2 Å². The topological polar surface area (TPSA) is 64.9 Å². The summed E-state index contributed by atoms with van der Waals surface area (Å²) < 4.78 is 41.5. The van der Waals surface area contributed by atoms with Gasteiger partial charge in [-0.15, -0.1) is 11.8 Å². The molecule has 0 radical (unpaired) electrons. The Morgan fingerprint density at radius 2 is 1.74 bits per heavy atom. The fourth-order valence-electron chi connectivity index (χ4n) is 3.04. The molecule has 2 rings (SSSR count). The predicted molar refractivity (Wildman–Crippen MR) is 116 cm³/mol. The molecule has 0 aliphatic carbocycles. The molecule has 0 saturated carbocycles. The minimum absolute atomic E-state index is 0.00314. The summed E-state index contributed by atoms with van der Waals surface area (Å²) in [6.45, 7) is 3.40. The molecule has 0 bridgehead atoms. The number of rotatable bonds is 10. The summed E-state index contributed by atoms with van der Waals surface area (Å²) in [5.41, 5.74) is 0.951. The first-order chi connectivity index (χ1) is 14.7. The second-order valence-electron chi connectivity index (χ2n) is 7.54. The highest BCUT2D eigenvalue weighted by atomic mass is 32.2. The van der Waals surface area contributed by atoms with Crippen molar-refractivity contribution in [1.82, 2.24) is 10.6 Å². The zero-order valence-electron chi connectivity index (χ0n) is 17.4. The van der Waals surface area contributed by atoms with E-state index in [0.29, 0.717) is 5.75 Å². The van der Waals surface area contributed by atoms with Crippen molar-refractivity contribution in [2.24, 2.45) is 5.92 Å². The second-order valence-corrected chi connectivity index (χ2v) is 8.59. The maximum Gasteiger partial charge on any atom is 0.407 e. The number of alkyl halides is 3. The number of benzene rings is 2. The molecule has 0 saturated heterocycles. The quantitative estimate of drug-likeness (QED) is 0.385. The molecule has 0 aliphatic heterocycles. The van der Waals surface area contributed by atoms with Crippen LogP contribution in [0.1, 0.15) is 37.4 Å². The van der Waals surface area contributed by atoms with Gasteiger partial charge in [-0.1, -0.05) is 56.3 Å². The third-order valence-corrected chi connectivity index (χ3v) is 5.61. The minimum Gasteiger partial charge on any atom is -0.342 e. The van der Waals surface area contributed by atoms with Gasteiger partial charge in [-0.3, -0.25) is 10.1 Å². The summed E-state index contributed by atoms with van der Waals surface area (Å²) in [5.74, 6) is 0.0259. The van der Waals surface area contributed by atoms with Crippen LogP contribution in [0.25, 0.3) is 0 Å². The summed E-state index contributed by atoms with van der Waals surface area (Å²) >= 11 is 1.61. The van der Waals surface area contributed by atoms with Crippen molar-refractivity contribution >= 4 is 17.7 Å². The molecule has 1 amide bonds. The normalized spacial score (nSPS) is 13.5. The van der Waals surface area contributed by atoms with Crippen LogP contribution in [-0.4, -0.2) is 24.7 Å². The Labute approximate surface area is 185 Å². The van der Waals surface area contributed by atoms with Gasteiger partial charge in [-0.25, -0.2) is 0 Å². The van der Waals surface area contributed by atoms with Crippen LogP contribution in [0.2, 0.25) is 0 Å². The van der Waals surface area contributed by atoms with Gasteiger partial charge in [0, 0.05) is 10.6 Å². The molecular formula is C23H26F3N3OS. The largest absolute Gasteiger partial charge is 0.407 e. The lowest BCUT2D eigenvalue weighted by atomic mass is 9.99. The second kappa shape index (κ2) is 11.8. The number of amides is 1. The molecule has 2 N–H and O–H groups in total. The Morgan fingerprint density at radius 1 is 1.10 bits per heavy atom. The van der Waals surface area contributed by atoms with Crippen molar-refractivity contribution in [2.45, 2.75) is 49.2 Å². The van der Waals surface area contributed by atoms with E-state index in [-0.39, 0.29) is 24.4 Å². The number of halogens is 3. The number of hydrogen-bond acceptors (Lipinski definition) is 4. The fourth-order valence-corrected chi connectivity index (χ4v) is 3.92. The van der Waals surface area contributed by atoms with Crippen LogP contribution in [0.4, 0.5) is 13.2 Å². The van der Waals surface area contributed by atoms with Crippen molar-refractivity contribution in [3.63, 3.8) is 0 Å². The van der Waals surface area contributed by atoms with E-state index in [9.17, 15) is 18.0 Å². The SMILES string of the molecule is CC(C)C[C@H](N[C@@H](c1ccc(CSc2ccccc2)cc1)C(F)(F)F)C(=O)NCC#N. The van der Waals surface area contributed by atoms with Gasteiger partial charge in [0.25, 0.3) is 0 Å². The zero-order valence-corrected chi connectivity index (χ0v) is 18.3. The molecular weight excluding hydrogens is 423 g/mol. The van der Waals surface area contributed by atoms with E-state index >= 15 is 0 Å². The standard InChI is InChI=1S/C23H26F3N3OS/c1-16(2)14-20(22(30)28-13-12-27)29-21(23(24,25)26)18-10-8-17(9-11-18)15-31-19-6-4-3-5-7-19/h3-11,16,20-21,29H,13-15H2,1-2H3,(H,28,30)/t20-,21-/m0/s1. The average molecular weight is 450 g/mol. The molecule has 31 heavy (non-hydrogen) atoms. The van der Waals surface area contributed by atoms with Crippen molar-refractivity contribution in [3.8, 4) is 6.07 Å². The lowest BCUT2D eigenvalue weighted by Gasteiger charge is -2.28. The zero-order chi connectivity index (χ0) is 22.9. The highest BCUT2D eigenvalue weighted by Gasteiger charge is 2.42. The van der Waals surface area contributed by atoms with Crippen LogP contribution in [-0.2, 0) is 10.5 Å². The van der Waals surface area contributed by atoms with Gasteiger partial charge >= 0.3 is 6.18 Å². The molecule has 8 heteroatoms. The Balaban J connectivity index is 2.15. The first-order valence-corrected chi connectivity index (χ1v) is 10.9. The van der Waals surface area contributed by atoms with E-state index in [2.05, 4.69) is 10.6 Å². The van der Waals surface area contributed by atoms with Gasteiger partial charge in [0.2, 0.25) is 5.91 Å². The first-order valence-electron chi connectivity index (χ1n) is 9.94. The van der Waals surface area contributed by atoms with E-state index in [1.165, 1.54) is 12.1 Å². The van der Waals surface area contributed by atoms with Crippen LogP contribution >= 0.6 is 11.8 Å². The van der Waals surface area contributed by atoms with Crippen LogP contribution in [0.15, 0.2) is 59.5 Å². The molecule has 2 aromatic carbocycles. The van der Waals surface area contributed by atoms with Gasteiger partial charge in [-0.05, 0) is 35.6 Å².